The van der Waals surface area contributed by atoms with Gasteiger partial charge in [-0.2, -0.15) is 11.3 Å². The molecular weight excluding hydrogens is 182 g/mol. The van der Waals surface area contributed by atoms with Crippen molar-refractivity contribution in [2.75, 3.05) is 20.6 Å². The van der Waals surface area contributed by atoms with E-state index in [4.69, 9.17) is 0 Å². The van der Waals surface area contributed by atoms with E-state index in [1.165, 1.54) is 0 Å². The smallest absolute Gasteiger partial charge is 0.167 e. The zero-order valence-corrected chi connectivity index (χ0v) is 9.10. The van der Waals surface area contributed by atoms with Gasteiger partial charge in [0.05, 0.1) is 0 Å². The minimum atomic E-state index is 0.0876. The molecule has 0 saturated carbocycles. The van der Waals surface area contributed by atoms with Gasteiger partial charge in [-0.1, -0.05) is 6.92 Å². The molecule has 0 aliphatic carbocycles. The third-order valence-corrected chi connectivity index (χ3v) is 2.58. The predicted octanol–water partition coefficient (Wildman–Crippen LogP) is 2.13. The first-order valence-corrected chi connectivity index (χ1v) is 5.26. The summed E-state index contributed by atoms with van der Waals surface area (Å²) in [6.45, 7) is 2.79. The van der Waals surface area contributed by atoms with Gasteiger partial charge in [0.1, 0.15) is 0 Å². The summed E-state index contributed by atoms with van der Waals surface area (Å²) in [5, 5.41) is 3.85. The highest BCUT2D eigenvalue weighted by molar-refractivity contribution is 7.08. The summed E-state index contributed by atoms with van der Waals surface area (Å²) in [5.74, 6) is 0.333. The van der Waals surface area contributed by atoms with Crippen molar-refractivity contribution in [3.8, 4) is 0 Å². The zero-order valence-electron chi connectivity index (χ0n) is 8.28. The summed E-state index contributed by atoms with van der Waals surface area (Å²) in [4.78, 5) is 13.8. The van der Waals surface area contributed by atoms with E-state index in [-0.39, 0.29) is 11.7 Å². The number of thiophene rings is 1. The summed E-state index contributed by atoms with van der Waals surface area (Å²) in [6.07, 6.45) is 0. The minimum absolute atomic E-state index is 0.0876. The molecule has 0 bridgehead atoms. The van der Waals surface area contributed by atoms with Gasteiger partial charge in [0, 0.05) is 23.4 Å². The van der Waals surface area contributed by atoms with Crippen molar-refractivity contribution in [1.82, 2.24) is 4.90 Å². The maximum absolute atomic E-state index is 11.7. The Morgan fingerprint density at radius 2 is 2.31 bits per heavy atom. The SMILES string of the molecule is C[C@H](CN(C)C)C(=O)c1ccsc1. The second-order valence-electron chi connectivity index (χ2n) is 3.54. The van der Waals surface area contributed by atoms with Gasteiger partial charge in [0.15, 0.2) is 5.78 Å². The van der Waals surface area contributed by atoms with E-state index >= 15 is 0 Å². The molecule has 0 aliphatic rings. The number of ketones is 1. The van der Waals surface area contributed by atoms with Gasteiger partial charge in [-0.3, -0.25) is 4.79 Å². The van der Waals surface area contributed by atoms with Crippen molar-refractivity contribution >= 4 is 17.1 Å². The number of Topliss-reactive ketones (excluding diaryl/α,β-unsaturated/α-hetero) is 1. The minimum Gasteiger partial charge on any atom is -0.309 e. The van der Waals surface area contributed by atoms with Crippen molar-refractivity contribution in [2.45, 2.75) is 6.92 Å². The molecule has 3 heteroatoms. The summed E-state index contributed by atoms with van der Waals surface area (Å²) in [6, 6.07) is 1.89. The van der Waals surface area contributed by atoms with Crippen LogP contribution in [0, 0.1) is 5.92 Å². The second kappa shape index (κ2) is 4.53. The number of nitrogens with zero attached hydrogens (tertiary/aromatic N) is 1. The molecule has 1 aromatic heterocycles. The van der Waals surface area contributed by atoms with Gasteiger partial charge < -0.3 is 4.90 Å². The Morgan fingerprint density at radius 3 is 2.77 bits per heavy atom. The van der Waals surface area contributed by atoms with Gasteiger partial charge in [-0.25, -0.2) is 0 Å². The second-order valence-corrected chi connectivity index (χ2v) is 4.32. The van der Waals surface area contributed by atoms with Crippen LogP contribution in [0.1, 0.15) is 17.3 Å². The lowest BCUT2D eigenvalue weighted by molar-refractivity contribution is 0.0910. The Balaban J connectivity index is 2.58. The van der Waals surface area contributed by atoms with Crippen LogP contribution in [-0.2, 0) is 0 Å². The van der Waals surface area contributed by atoms with Gasteiger partial charge in [-0.05, 0) is 25.5 Å². The molecule has 0 amide bonds. The van der Waals surface area contributed by atoms with Crippen LogP contribution in [0.3, 0.4) is 0 Å². The molecule has 0 spiro atoms. The van der Waals surface area contributed by atoms with Crippen LogP contribution in [0.5, 0.6) is 0 Å². The van der Waals surface area contributed by atoms with Crippen molar-refractivity contribution in [1.29, 1.82) is 0 Å². The van der Waals surface area contributed by atoms with Crippen LogP contribution in [-0.4, -0.2) is 31.3 Å². The number of rotatable bonds is 4. The summed E-state index contributed by atoms with van der Waals surface area (Å²) in [7, 11) is 3.97. The molecule has 1 heterocycles. The largest absolute Gasteiger partial charge is 0.309 e. The lowest BCUT2D eigenvalue weighted by Crippen LogP contribution is -2.25. The third kappa shape index (κ3) is 2.94. The number of carbonyl (C=O) groups is 1. The molecule has 0 aliphatic heterocycles. The molecule has 0 fully saturated rings. The fourth-order valence-electron chi connectivity index (χ4n) is 1.32. The molecule has 0 saturated heterocycles. The number of carbonyl (C=O) groups excluding carboxylic acids is 1. The lowest BCUT2D eigenvalue weighted by atomic mass is 10.0. The van der Waals surface area contributed by atoms with E-state index in [2.05, 4.69) is 0 Å². The Hall–Kier alpha value is -0.670. The van der Waals surface area contributed by atoms with Crippen molar-refractivity contribution in [3.63, 3.8) is 0 Å². The maximum atomic E-state index is 11.7. The van der Waals surface area contributed by atoms with E-state index in [9.17, 15) is 4.79 Å². The molecule has 0 radical (unpaired) electrons. The zero-order chi connectivity index (χ0) is 9.84. The summed E-state index contributed by atoms with van der Waals surface area (Å²) >= 11 is 1.57. The molecule has 1 atom stereocenters. The molecular formula is C10H15NOS. The number of hydrogen-bond acceptors (Lipinski definition) is 3. The summed E-state index contributed by atoms with van der Waals surface area (Å²) < 4.78 is 0. The Bertz CT molecular complexity index is 266. The fraction of sp³-hybridized carbons (Fsp3) is 0.500. The molecule has 1 rings (SSSR count). The molecule has 13 heavy (non-hydrogen) atoms. The van der Waals surface area contributed by atoms with Gasteiger partial charge >= 0.3 is 0 Å². The topological polar surface area (TPSA) is 20.3 Å². The Morgan fingerprint density at radius 1 is 1.62 bits per heavy atom. The predicted molar refractivity (Wildman–Crippen MR) is 56.4 cm³/mol. The van der Waals surface area contributed by atoms with Crippen LogP contribution >= 0.6 is 11.3 Å². The highest BCUT2D eigenvalue weighted by Crippen LogP contribution is 2.12. The van der Waals surface area contributed by atoms with Gasteiger partial charge in [-0.15, -0.1) is 0 Å². The van der Waals surface area contributed by atoms with Gasteiger partial charge in [0.25, 0.3) is 0 Å². The van der Waals surface area contributed by atoms with Crippen molar-refractivity contribution in [3.05, 3.63) is 22.4 Å². The normalized spacial score (nSPS) is 13.2. The molecule has 0 aromatic carbocycles. The lowest BCUT2D eigenvalue weighted by Gasteiger charge is -2.14. The monoisotopic (exact) mass is 197 g/mol. The molecule has 0 unspecified atom stereocenters. The first-order valence-electron chi connectivity index (χ1n) is 4.32. The van der Waals surface area contributed by atoms with Crippen LogP contribution in [0.4, 0.5) is 0 Å². The van der Waals surface area contributed by atoms with Crippen LogP contribution in [0.15, 0.2) is 16.8 Å². The van der Waals surface area contributed by atoms with Crippen LogP contribution < -0.4 is 0 Å². The van der Waals surface area contributed by atoms with E-state index in [1.807, 2.05) is 42.7 Å². The van der Waals surface area contributed by atoms with Crippen LogP contribution in [0.25, 0.3) is 0 Å². The third-order valence-electron chi connectivity index (χ3n) is 1.89. The number of hydrogen-bond donors (Lipinski definition) is 0. The molecule has 0 N–H and O–H groups in total. The summed E-state index contributed by atoms with van der Waals surface area (Å²) in [5.41, 5.74) is 0.847. The first kappa shape index (κ1) is 10.4. The van der Waals surface area contributed by atoms with E-state index in [0.717, 1.165) is 12.1 Å². The molecule has 1 aromatic rings. The highest BCUT2D eigenvalue weighted by atomic mass is 32.1. The molecule has 72 valence electrons. The van der Waals surface area contributed by atoms with Gasteiger partial charge in [0.2, 0.25) is 0 Å². The van der Waals surface area contributed by atoms with Crippen molar-refractivity contribution in [2.24, 2.45) is 5.92 Å². The van der Waals surface area contributed by atoms with Crippen molar-refractivity contribution < 1.29 is 4.79 Å². The van der Waals surface area contributed by atoms with E-state index in [0.29, 0.717) is 0 Å². The highest BCUT2D eigenvalue weighted by Gasteiger charge is 2.15. The van der Waals surface area contributed by atoms with E-state index in [1.54, 1.807) is 11.3 Å². The Kier molecular flexibility index (Phi) is 3.63. The quantitative estimate of drug-likeness (QED) is 0.689. The average molecular weight is 197 g/mol. The fourth-order valence-corrected chi connectivity index (χ4v) is 1.96. The molecule has 2 nitrogen and oxygen atoms in total. The standard InChI is InChI=1S/C10H15NOS/c1-8(6-11(2)3)10(12)9-4-5-13-7-9/h4-5,7-8H,6H2,1-3H3/t8-/m1/s1. The van der Waals surface area contributed by atoms with E-state index < -0.39 is 0 Å². The van der Waals surface area contributed by atoms with Crippen LogP contribution in [0.2, 0.25) is 0 Å². The Labute approximate surface area is 83.2 Å². The average Bonchev–Trinajstić information content (AvgIpc) is 2.53. The maximum Gasteiger partial charge on any atom is 0.167 e. The first-order chi connectivity index (χ1) is 6.11.